The molecule has 0 saturated carbocycles. The van der Waals surface area contributed by atoms with Gasteiger partial charge < -0.3 is 10.6 Å². The molecule has 2 N–H and O–H groups in total. The molecule has 0 aliphatic carbocycles. The summed E-state index contributed by atoms with van der Waals surface area (Å²) < 4.78 is 0. The molecule has 0 radical (unpaired) electrons. The van der Waals surface area contributed by atoms with Crippen molar-refractivity contribution in [1.82, 2.24) is 10.6 Å². The standard InChI is InChI=1S/C19H24N2/c1-14-6-5-8-16(12-14)15(2)21-19-10-11-20-13-17-7-3-4-9-18(17)19/h3-9,12,15,19-21H,10-11,13H2,1-2H3/t15-,19?/m0/s1. The van der Waals surface area contributed by atoms with Crippen LogP contribution in [0.5, 0.6) is 0 Å². The lowest BCUT2D eigenvalue weighted by molar-refractivity contribution is 0.443. The summed E-state index contributed by atoms with van der Waals surface area (Å²) in [5.41, 5.74) is 5.56. The summed E-state index contributed by atoms with van der Waals surface area (Å²) in [4.78, 5) is 0. The third-order valence-corrected chi connectivity index (χ3v) is 4.35. The molecule has 2 heteroatoms. The molecule has 110 valence electrons. The zero-order valence-corrected chi connectivity index (χ0v) is 12.9. The van der Waals surface area contributed by atoms with Gasteiger partial charge in [-0.2, -0.15) is 0 Å². The van der Waals surface area contributed by atoms with Crippen LogP contribution in [-0.2, 0) is 6.54 Å². The highest BCUT2D eigenvalue weighted by Gasteiger charge is 2.20. The number of aryl methyl sites for hydroxylation is 1. The first-order valence-corrected chi connectivity index (χ1v) is 7.85. The lowest BCUT2D eigenvalue weighted by atomic mass is 9.97. The predicted molar refractivity (Wildman–Crippen MR) is 88.2 cm³/mol. The molecule has 2 atom stereocenters. The first kappa shape index (κ1) is 14.3. The van der Waals surface area contributed by atoms with Gasteiger partial charge >= 0.3 is 0 Å². The Morgan fingerprint density at radius 3 is 2.86 bits per heavy atom. The Kier molecular flexibility index (Phi) is 4.37. The maximum atomic E-state index is 3.82. The molecule has 1 unspecified atom stereocenters. The third-order valence-electron chi connectivity index (χ3n) is 4.35. The topological polar surface area (TPSA) is 24.1 Å². The van der Waals surface area contributed by atoms with Crippen LogP contribution in [-0.4, -0.2) is 6.54 Å². The van der Waals surface area contributed by atoms with E-state index >= 15 is 0 Å². The lowest BCUT2D eigenvalue weighted by Gasteiger charge is -2.24. The van der Waals surface area contributed by atoms with Crippen molar-refractivity contribution >= 4 is 0 Å². The fourth-order valence-corrected chi connectivity index (χ4v) is 3.17. The van der Waals surface area contributed by atoms with Gasteiger partial charge in [-0.1, -0.05) is 54.1 Å². The van der Waals surface area contributed by atoms with E-state index in [-0.39, 0.29) is 0 Å². The van der Waals surface area contributed by atoms with Crippen LogP contribution >= 0.6 is 0 Å². The van der Waals surface area contributed by atoms with Crippen molar-refractivity contribution in [3.05, 3.63) is 70.8 Å². The quantitative estimate of drug-likeness (QED) is 0.891. The maximum absolute atomic E-state index is 3.82. The first-order chi connectivity index (χ1) is 10.2. The van der Waals surface area contributed by atoms with Gasteiger partial charge in [-0.15, -0.1) is 0 Å². The van der Waals surface area contributed by atoms with Crippen LogP contribution in [0.2, 0.25) is 0 Å². The molecule has 0 amide bonds. The molecule has 0 saturated heterocycles. The number of fused-ring (bicyclic) bond motifs is 1. The average Bonchev–Trinajstić information content (AvgIpc) is 2.70. The zero-order chi connectivity index (χ0) is 14.7. The molecule has 0 aromatic heterocycles. The van der Waals surface area contributed by atoms with Crippen molar-refractivity contribution in [2.24, 2.45) is 0 Å². The Balaban J connectivity index is 1.81. The summed E-state index contributed by atoms with van der Waals surface area (Å²) in [7, 11) is 0. The van der Waals surface area contributed by atoms with Gasteiger partial charge in [0, 0.05) is 18.6 Å². The second kappa shape index (κ2) is 6.42. The molecule has 0 bridgehead atoms. The molecule has 2 aromatic rings. The van der Waals surface area contributed by atoms with Gasteiger partial charge in [-0.3, -0.25) is 0 Å². The fraction of sp³-hybridized carbons (Fsp3) is 0.368. The summed E-state index contributed by atoms with van der Waals surface area (Å²) in [5, 5.41) is 7.33. The average molecular weight is 280 g/mol. The van der Waals surface area contributed by atoms with Gasteiger partial charge in [-0.25, -0.2) is 0 Å². The number of hydrogen-bond acceptors (Lipinski definition) is 2. The van der Waals surface area contributed by atoms with E-state index in [4.69, 9.17) is 0 Å². The Hall–Kier alpha value is -1.64. The van der Waals surface area contributed by atoms with Crippen molar-refractivity contribution in [2.75, 3.05) is 6.54 Å². The Morgan fingerprint density at radius 1 is 1.14 bits per heavy atom. The smallest absolute Gasteiger partial charge is 0.0340 e. The first-order valence-electron chi connectivity index (χ1n) is 7.85. The van der Waals surface area contributed by atoms with E-state index in [0.29, 0.717) is 12.1 Å². The van der Waals surface area contributed by atoms with Gasteiger partial charge in [-0.05, 0) is 43.5 Å². The number of hydrogen-bond donors (Lipinski definition) is 2. The van der Waals surface area contributed by atoms with Crippen LogP contribution in [0, 0.1) is 6.92 Å². The van der Waals surface area contributed by atoms with Crippen molar-refractivity contribution in [3.63, 3.8) is 0 Å². The van der Waals surface area contributed by atoms with Crippen molar-refractivity contribution < 1.29 is 0 Å². The fourth-order valence-electron chi connectivity index (χ4n) is 3.17. The molecule has 1 aliphatic rings. The molecule has 2 aromatic carbocycles. The summed E-state index contributed by atoms with van der Waals surface area (Å²) in [6.45, 7) is 6.46. The number of benzene rings is 2. The van der Waals surface area contributed by atoms with Gasteiger partial charge in [0.05, 0.1) is 0 Å². The third kappa shape index (κ3) is 3.34. The summed E-state index contributed by atoms with van der Waals surface area (Å²) in [6, 6.07) is 18.4. The normalized spacial score (nSPS) is 19.6. The summed E-state index contributed by atoms with van der Waals surface area (Å²) in [5.74, 6) is 0. The molecular weight excluding hydrogens is 256 g/mol. The van der Waals surface area contributed by atoms with E-state index in [2.05, 4.69) is 73.0 Å². The minimum Gasteiger partial charge on any atom is -0.313 e. The van der Waals surface area contributed by atoms with E-state index in [1.54, 1.807) is 0 Å². The second-order valence-corrected chi connectivity index (χ2v) is 6.02. The maximum Gasteiger partial charge on any atom is 0.0340 e. The zero-order valence-electron chi connectivity index (χ0n) is 12.9. The van der Waals surface area contributed by atoms with Crippen LogP contribution in [0.3, 0.4) is 0 Å². The van der Waals surface area contributed by atoms with Gasteiger partial charge in [0.25, 0.3) is 0 Å². The van der Waals surface area contributed by atoms with Gasteiger partial charge in [0.15, 0.2) is 0 Å². The highest BCUT2D eigenvalue weighted by Crippen LogP contribution is 2.26. The van der Waals surface area contributed by atoms with E-state index < -0.39 is 0 Å². The van der Waals surface area contributed by atoms with E-state index in [0.717, 1.165) is 19.5 Å². The lowest BCUT2D eigenvalue weighted by Crippen LogP contribution is -2.26. The summed E-state index contributed by atoms with van der Waals surface area (Å²) in [6.07, 6.45) is 1.13. The molecule has 2 nitrogen and oxygen atoms in total. The monoisotopic (exact) mass is 280 g/mol. The Morgan fingerprint density at radius 2 is 2.00 bits per heavy atom. The molecule has 1 aliphatic heterocycles. The van der Waals surface area contributed by atoms with Crippen molar-refractivity contribution in [1.29, 1.82) is 0 Å². The van der Waals surface area contributed by atoms with E-state index in [1.165, 1.54) is 22.3 Å². The summed E-state index contributed by atoms with van der Waals surface area (Å²) >= 11 is 0. The molecule has 3 rings (SSSR count). The SMILES string of the molecule is Cc1cccc([C@H](C)NC2CCNCc3ccccc32)c1. The van der Waals surface area contributed by atoms with Crippen LogP contribution in [0.4, 0.5) is 0 Å². The number of rotatable bonds is 3. The number of nitrogens with one attached hydrogen (secondary N) is 2. The molecule has 0 spiro atoms. The minimum atomic E-state index is 0.362. The molecular formula is C19H24N2. The van der Waals surface area contributed by atoms with Crippen molar-refractivity contribution in [2.45, 2.75) is 38.9 Å². The van der Waals surface area contributed by atoms with Gasteiger partial charge in [0.1, 0.15) is 0 Å². The minimum absolute atomic E-state index is 0.362. The van der Waals surface area contributed by atoms with Crippen LogP contribution in [0.1, 0.15) is 47.7 Å². The Labute approximate surface area is 127 Å². The molecule has 21 heavy (non-hydrogen) atoms. The van der Waals surface area contributed by atoms with Crippen molar-refractivity contribution in [3.8, 4) is 0 Å². The van der Waals surface area contributed by atoms with Crippen LogP contribution in [0.15, 0.2) is 48.5 Å². The van der Waals surface area contributed by atoms with Gasteiger partial charge in [0.2, 0.25) is 0 Å². The highest BCUT2D eigenvalue weighted by molar-refractivity contribution is 5.32. The Bertz CT molecular complexity index is 606. The van der Waals surface area contributed by atoms with Crippen LogP contribution < -0.4 is 10.6 Å². The van der Waals surface area contributed by atoms with E-state index in [9.17, 15) is 0 Å². The largest absolute Gasteiger partial charge is 0.313 e. The predicted octanol–water partition coefficient (Wildman–Crippen LogP) is 3.88. The molecule has 0 fully saturated rings. The second-order valence-electron chi connectivity index (χ2n) is 6.02. The highest BCUT2D eigenvalue weighted by atomic mass is 15.0. The van der Waals surface area contributed by atoms with E-state index in [1.807, 2.05) is 0 Å². The molecule has 1 heterocycles. The van der Waals surface area contributed by atoms with Crippen LogP contribution in [0.25, 0.3) is 0 Å².